The van der Waals surface area contributed by atoms with Gasteiger partial charge in [0.25, 0.3) is 5.91 Å². The Kier molecular flexibility index (Phi) is 4.95. The molecule has 0 radical (unpaired) electrons. The third-order valence-corrected chi connectivity index (χ3v) is 6.15. The van der Waals surface area contributed by atoms with E-state index in [-0.39, 0.29) is 5.91 Å². The van der Waals surface area contributed by atoms with Crippen LogP contribution < -0.4 is 5.32 Å². The molecule has 34 heavy (non-hydrogen) atoms. The summed E-state index contributed by atoms with van der Waals surface area (Å²) in [4.78, 5) is 18.4. The number of pyridine rings is 1. The van der Waals surface area contributed by atoms with E-state index in [2.05, 4.69) is 22.5 Å². The van der Waals surface area contributed by atoms with E-state index in [4.69, 9.17) is 10.1 Å². The van der Waals surface area contributed by atoms with Crippen LogP contribution in [0, 0.1) is 6.92 Å². The number of aryl methyl sites for hydroxylation is 1. The summed E-state index contributed by atoms with van der Waals surface area (Å²) in [5.41, 5.74) is 5.78. The first-order valence-corrected chi connectivity index (χ1v) is 11.5. The van der Waals surface area contributed by atoms with Crippen LogP contribution in [0.3, 0.4) is 0 Å². The van der Waals surface area contributed by atoms with E-state index in [1.807, 2.05) is 77.1 Å². The van der Waals surface area contributed by atoms with Gasteiger partial charge in [0.15, 0.2) is 5.65 Å². The smallest absolute Gasteiger partial charge is 0.256 e. The van der Waals surface area contributed by atoms with E-state index in [0.29, 0.717) is 23.7 Å². The molecule has 0 unspecified atom stereocenters. The molecule has 7 nitrogen and oxygen atoms in total. The van der Waals surface area contributed by atoms with Gasteiger partial charge in [0.2, 0.25) is 0 Å². The number of nitrogens with one attached hydrogen (secondary N) is 1. The summed E-state index contributed by atoms with van der Waals surface area (Å²) in [5.74, 6) is 0.230. The van der Waals surface area contributed by atoms with Crippen molar-refractivity contribution in [3.8, 4) is 5.69 Å². The zero-order valence-corrected chi connectivity index (χ0v) is 18.8. The lowest BCUT2D eigenvalue weighted by Gasteiger charge is -2.09. The highest BCUT2D eigenvalue weighted by atomic mass is 16.1. The van der Waals surface area contributed by atoms with Gasteiger partial charge in [-0.15, -0.1) is 0 Å². The van der Waals surface area contributed by atoms with Crippen LogP contribution in [0.15, 0.2) is 79.1 Å². The molecule has 0 bridgehead atoms. The number of nitrogens with zero attached hydrogens (tertiary/aromatic N) is 5. The second kappa shape index (κ2) is 8.26. The van der Waals surface area contributed by atoms with Crippen molar-refractivity contribution in [2.45, 2.75) is 32.2 Å². The minimum atomic E-state index is -0.177. The van der Waals surface area contributed by atoms with Gasteiger partial charge in [0, 0.05) is 17.8 Å². The summed E-state index contributed by atoms with van der Waals surface area (Å²) >= 11 is 0. The van der Waals surface area contributed by atoms with Gasteiger partial charge in [-0.1, -0.05) is 48.5 Å². The van der Waals surface area contributed by atoms with Crippen LogP contribution in [0.25, 0.3) is 16.7 Å². The van der Waals surface area contributed by atoms with Gasteiger partial charge in [-0.25, -0.2) is 9.67 Å². The standard InChI is InChI=1S/C27H24N6O/c1-18-25-23(27(34)29-21-15-28-32(17-21)16-19-8-4-2-5-9-19)14-24(20-12-13-20)30-26(25)33(31-18)22-10-6-3-7-11-22/h2-11,14-15,17,20H,12-13,16H2,1H3,(H,29,34). The van der Waals surface area contributed by atoms with E-state index in [0.717, 1.165) is 46.5 Å². The molecule has 3 aromatic heterocycles. The first-order valence-electron chi connectivity index (χ1n) is 11.5. The number of hydrogen-bond acceptors (Lipinski definition) is 4. The quantitative estimate of drug-likeness (QED) is 0.392. The molecule has 2 aromatic carbocycles. The number of hydrogen-bond donors (Lipinski definition) is 1. The Bertz CT molecular complexity index is 1480. The fourth-order valence-corrected chi connectivity index (χ4v) is 4.31. The van der Waals surface area contributed by atoms with Crippen LogP contribution in [0.5, 0.6) is 0 Å². The Labute approximate surface area is 197 Å². The number of anilines is 1. The Hall–Kier alpha value is -4.26. The summed E-state index contributed by atoms with van der Waals surface area (Å²) in [6.45, 7) is 2.57. The van der Waals surface area contributed by atoms with Crippen LogP contribution in [-0.2, 0) is 6.54 Å². The third-order valence-electron chi connectivity index (χ3n) is 6.15. The van der Waals surface area contributed by atoms with Crippen LogP contribution in [0.2, 0.25) is 0 Å². The molecule has 0 atom stereocenters. The lowest BCUT2D eigenvalue weighted by molar-refractivity contribution is 0.102. The minimum Gasteiger partial charge on any atom is -0.319 e. The van der Waals surface area contributed by atoms with Crippen molar-refractivity contribution in [3.05, 3.63) is 102 Å². The fraction of sp³-hybridized carbons (Fsp3) is 0.185. The Morgan fingerprint density at radius 3 is 2.53 bits per heavy atom. The molecule has 0 spiro atoms. The molecular formula is C27H24N6O. The predicted octanol–water partition coefficient (Wildman–Crippen LogP) is 5.10. The average molecular weight is 449 g/mol. The lowest BCUT2D eigenvalue weighted by atomic mass is 10.1. The molecule has 1 fully saturated rings. The van der Waals surface area contributed by atoms with Crippen molar-refractivity contribution >= 4 is 22.6 Å². The summed E-state index contributed by atoms with van der Waals surface area (Å²) < 4.78 is 3.66. The minimum absolute atomic E-state index is 0.177. The number of amides is 1. The zero-order chi connectivity index (χ0) is 23.1. The van der Waals surface area contributed by atoms with Gasteiger partial charge in [0.05, 0.1) is 40.8 Å². The van der Waals surface area contributed by atoms with Crippen molar-refractivity contribution in [2.75, 3.05) is 5.32 Å². The monoisotopic (exact) mass is 448 g/mol. The highest BCUT2D eigenvalue weighted by molar-refractivity contribution is 6.12. The number of fused-ring (bicyclic) bond motifs is 1. The number of para-hydroxylation sites is 1. The first kappa shape index (κ1) is 20.4. The number of benzene rings is 2. The topological polar surface area (TPSA) is 77.6 Å². The summed E-state index contributed by atoms with van der Waals surface area (Å²) in [6.07, 6.45) is 5.74. The van der Waals surface area contributed by atoms with Gasteiger partial charge in [0.1, 0.15) is 0 Å². The molecule has 1 amide bonds. The van der Waals surface area contributed by atoms with Gasteiger partial charge in [-0.05, 0) is 43.5 Å². The van der Waals surface area contributed by atoms with Gasteiger partial charge < -0.3 is 5.32 Å². The van der Waals surface area contributed by atoms with Crippen LogP contribution in [0.1, 0.15) is 46.1 Å². The second-order valence-electron chi connectivity index (χ2n) is 8.77. The molecule has 0 saturated heterocycles. The van der Waals surface area contributed by atoms with Crippen LogP contribution in [0.4, 0.5) is 5.69 Å². The Morgan fingerprint density at radius 1 is 1.06 bits per heavy atom. The van der Waals surface area contributed by atoms with Crippen molar-refractivity contribution in [2.24, 2.45) is 0 Å². The van der Waals surface area contributed by atoms with Crippen LogP contribution >= 0.6 is 0 Å². The van der Waals surface area contributed by atoms with Crippen molar-refractivity contribution < 1.29 is 4.79 Å². The SMILES string of the molecule is Cc1nn(-c2ccccc2)c2nc(C3CC3)cc(C(=O)Nc3cnn(Cc4ccccc4)c3)c12. The molecule has 1 saturated carbocycles. The average Bonchev–Trinajstić information content (AvgIpc) is 3.55. The summed E-state index contributed by atoms with van der Waals surface area (Å²) in [7, 11) is 0. The molecule has 168 valence electrons. The number of rotatable bonds is 6. The maximum atomic E-state index is 13.5. The summed E-state index contributed by atoms with van der Waals surface area (Å²) in [6, 6.07) is 22.0. The lowest BCUT2D eigenvalue weighted by Crippen LogP contribution is -2.13. The van der Waals surface area contributed by atoms with Crippen molar-refractivity contribution in [1.29, 1.82) is 0 Å². The van der Waals surface area contributed by atoms with Gasteiger partial charge in [-0.2, -0.15) is 10.2 Å². The molecule has 0 aliphatic heterocycles. The summed E-state index contributed by atoms with van der Waals surface area (Å²) in [5, 5.41) is 13.0. The highest BCUT2D eigenvalue weighted by Gasteiger charge is 2.29. The van der Waals surface area contributed by atoms with E-state index in [9.17, 15) is 4.79 Å². The molecule has 6 rings (SSSR count). The number of carbonyl (C=O) groups excluding carboxylic acids is 1. The van der Waals surface area contributed by atoms with Crippen molar-refractivity contribution in [1.82, 2.24) is 24.5 Å². The molecule has 3 heterocycles. The third kappa shape index (κ3) is 3.85. The Balaban J connectivity index is 1.35. The molecule has 1 aliphatic rings. The number of carbonyl (C=O) groups is 1. The molecule has 1 aliphatic carbocycles. The zero-order valence-electron chi connectivity index (χ0n) is 18.8. The molecule has 7 heteroatoms. The van der Waals surface area contributed by atoms with Crippen molar-refractivity contribution in [3.63, 3.8) is 0 Å². The first-order chi connectivity index (χ1) is 16.7. The van der Waals surface area contributed by atoms with E-state index >= 15 is 0 Å². The van der Waals surface area contributed by atoms with E-state index in [1.54, 1.807) is 6.20 Å². The molecule has 1 N–H and O–H groups in total. The van der Waals surface area contributed by atoms with Crippen LogP contribution in [-0.4, -0.2) is 30.5 Å². The molecule has 5 aromatic rings. The van der Waals surface area contributed by atoms with Gasteiger partial charge >= 0.3 is 0 Å². The maximum Gasteiger partial charge on any atom is 0.256 e. The largest absolute Gasteiger partial charge is 0.319 e. The normalized spacial score (nSPS) is 13.3. The highest BCUT2D eigenvalue weighted by Crippen LogP contribution is 2.40. The second-order valence-corrected chi connectivity index (χ2v) is 8.77. The van der Waals surface area contributed by atoms with E-state index in [1.165, 1.54) is 0 Å². The fourth-order valence-electron chi connectivity index (χ4n) is 4.31. The Morgan fingerprint density at radius 2 is 1.79 bits per heavy atom. The molecular weight excluding hydrogens is 424 g/mol. The van der Waals surface area contributed by atoms with Gasteiger partial charge in [-0.3, -0.25) is 9.48 Å². The predicted molar refractivity (Wildman–Crippen MR) is 131 cm³/mol. The number of aromatic nitrogens is 5. The van der Waals surface area contributed by atoms with E-state index < -0.39 is 0 Å². The maximum absolute atomic E-state index is 13.5.